The van der Waals surface area contributed by atoms with Crippen LogP contribution in [0.3, 0.4) is 0 Å². The molecule has 16 heavy (non-hydrogen) atoms. The van der Waals surface area contributed by atoms with Crippen LogP contribution in [0.5, 0.6) is 0 Å². The second-order valence-corrected chi connectivity index (χ2v) is 4.49. The molecule has 1 unspecified atom stereocenters. The molecule has 1 rings (SSSR count). The van der Waals surface area contributed by atoms with Gasteiger partial charge in [0.25, 0.3) is 0 Å². The predicted molar refractivity (Wildman–Crippen MR) is 60.9 cm³/mol. The van der Waals surface area contributed by atoms with E-state index in [2.05, 4.69) is 5.32 Å². The van der Waals surface area contributed by atoms with E-state index in [0.29, 0.717) is 39.0 Å². The van der Waals surface area contributed by atoms with Crippen molar-refractivity contribution in [3.05, 3.63) is 0 Å². The molecule has 4 N–H and O–H groups in total. The molecule has 1 aliphatic rings. The summed E-state index contributed by atoms with van der Waals surface area (Å²) in [6.45, 7) is 3.36. The van der Waals surface area contributed by atoms with Crippen LogP contribution in [-0.4, -0.2) is 42.4 Å². The summed E-state index contributed by atoms with van der Waals surface area (Å²) >= 11 is 0. The quantitative estimate of drug-likeness (QED) is 0.609. The second-order valence-electron chi connectivity index (χ2n) is 4.49. The molecule has 5 heteroatoms. The lowest BCUT2D eigenvalue weighted by atomic mass is 9.94. The van der Waals surface area contributed by atoms with Crippen LogP contribution in [0, 0.1) is 0 Å². The highest BCUT2D eigenvalue weighted by atomic mass is 16.5. The molecule has 1 atom stereocenters. The fourth-order valence-electron chi connectivity index (χ4n) is 1.65. The van der Waals surface area contributed by atoms with Crippen LogP contribution in [0.2, 0.25) is 0 Å². The van der Waals surface area contributed by atoms with Crippen LogP contribution in [0.15, 0.2) is 0 Å². The topological polar surface area (TPSA) is 84.6 Å². The SMILES string of the molecule is CCC(N)CC(=O)NCC1(O)CCOCC1. The van der Waals surface area contributed by atoms with Gasteiger partial charge in [-0.15, -0.1) is 0 Å². The molecule has 0 radical (unpaired) electrons. The minimum atomic E-state index is -0.801. The van der Waals surface area contributed by atoms with Gasteiger partial charge >= 0.3 is 0 Å². The number of nitrogens with two attached hydrogens (primary N) is 1. The third-order valence-electron chi connectivity index (χ3n) is 3.01. The number of aliphatic hydroxyl groups is 1. The molecule has 0 aromatic rings. The highest BCUT2D eigenvalue weighted by Crippen LogP contribution is 2.19. The Morgan fingerprint density at radius 3 is 2.75 bits per heavy atom. The maximum absolute atomic E-state index is 11.5. The number of rotatable bonds is 5. The first-order valence-electron chi connectivity index (χ1n) is 5.88. The van der Waals surface area contributed by atoms with Gasteiger partial charge in [-0.2, -0.15) is 0 Å². The number of hydrogen-bond donors (Lipinski definition) is 3. The lowest BCUT2D eigenvalue weighted by molar-refractivity contribution is -0.124. The molecular formula is C11H22N2O3. The number of amides is 1. The molecule has 94 valence electrons. The standard InChI is InChI=1S/C11H22N2O3/c1-2-9(12)7-10(14)13-8-11(15)3-5-16-6-4-11/h9,15H,2-8,12H2,1H3,(H,13,14). The van der Waals surface area contributed by atoms with Crippen molar-refractivity contribution in [2.45, 2.75) is 44.2 Å². The zero-order valence-electron chi connectivity index (χ0n) is 9.87. The summed E-state index contributed by atoms with van der Waals surface area (Å²) in [5.41, 5.74) is 4.87. The van der Waals surface area contributed by atoms with Gasteiger partial charge in [-0.3, -0.25) is 4.79 Å². The van der Waals surface area contributed by atoms with E-state index in [0.717, 1.165) is 6.42 Å². The lowest BCUT2D eigenvalue weighted by Gasteiger charge is -2.32. The van der Waals surface area contributed by atoms with Gasteiger partial charge in [-0.1, -0.05) is 6.92 Å². The van der Waals surface area contributed by atoms with E-state index in [-0.39, 0.29) is 11.9 Å². The van der Waals surface area contributed by atoms with Gasteiger partial charge < -0.3 is 20.9 Å². The van der Waals surface area contributed by atoms with Crippen molar-refractivity contribution in [1.82, 2.24) is 5.32 Å². The van der Waals surface area contributed by atoms with Crippen molar-refractivity contribution in [3.8, 4) is 0 Å². The Bertz CT molecular complexity index is 227. The fraction of sp³-hybridized carbons (Fsp3) is 0.909. The van der Waals surface area contributed by atoms with Crippen LogP contribution < -0.4 is 11.1 Å². The third-order valence-corrected chi connectivity index (χ3v) is 3.01. The molecule has 0 spiro atoms. The summed E-state index contributed by atoms with van der Waals surface area (Å²) in [4.78, 5) is 11.5. The van der Waals surface area contributed by atoms with Gasteiger partial charge in [-0.05, 0) is 6.42 Å². The van der Waals surface area contributed by atoms with Gasteiger partial charge in [0.2, 0.25) is 5.91 Å². The first-order valence-corrected chi connectivity index (χ1v) is 5.88. The molecule has 0 aromatic carbocycles. The second kappa shape index (κ2) is 6.18. The Morgan fingerprint density at radius 1 is 1.56 bits per heavy atom. The number of hydrogen-bond acceptors (Lipinski definition) is 4. The fourth-order valence-corrected chi connectivity index (χ4v) is 1.65. The minimum Gasteiger partial charge on any atom is -0.388 e. The van der Waals surface area contributed by atoms with E-state index >= 15 is 0 Å². The number of ether oxygens (including phenoxy) is 1. The van der Waals surface area contributed by atoms with Gasteiger partial charge in [0.15, 0.2) is 0 Å². The van der Waals surface area contributed by atoms with E-state index in [1.54, 1.807) is 0 Å². The zero-order chi connectivity index (χ0) is 12.0. The largest absolute Gasteiger partial charge is 0.388 e. The van der Waals surface area contributed by atoms with E-state index in [4.69, 9.17) is 10.5 Å². The molecule has 0 aromatic heterocycles. The van der Waals surface area contributed by atoms with Crippen molar-refractivity contribution in [1.29, 1.82) is 0 Å². The highest BCUT2D eigenvalue weighted by molar-refractivity contribution is 5.76. The minimum absolute atomic E-state index is 0.0886. The average molecular weight is 230 g/mol. The Balaban J connectivity index is 2.24. The highest BCUT2D eigenvalue weighted by Gasteiger charge is 2.30. The maximum atomic E-state index is 11.5. The van der Waals surface area contributed by atoms with Gasteiger partial charge in [0.1, 0.15) is 0 Å². The molecule has 0 saturated carbocycles. The van der Waals surface area contributed by atoms with Crippen LogP contribution in [0.4, 0.5) is 0 Å². The smallest absolute Gasteiger partial charge is 0.221 e. The van der Waals surface area contributed by atoms with Crippen molar-refractivity contribution in [2.75, 3.05) is 19.8 Å². The number of carbonyl (C=O) groups is 1. The normalized spacial score (nSPS) is 21.4. The van der Waals surface area contributed by atoms with Crippen LogP contribution in [-0.2, 0) is 9.53 Å². The number of nitrogens with one attached hydrogen (secondary N) is 1. The van der Waals surface area contributed by atoms with Crippen molar-refractivity contribution in [3.63, 3.8) is 0 Å². The Labute approximate surface area is 96.3 Å². The van der Waals surface area contributed by atoms with E-state index in [1.165, 1.54) is 0 Å². The Kier molecular flexibility index (Phi) is 5.18. The maximum Gasteiger partial charge on any atom is 0.221 e. The monoisotopic (exact) mass is 230 g/mol. The zero-order valence-corrected chi connectivity index (χ0v) is 9.87. The lowest BCUT2D eigenvalue weighted by Crippen LogP contribution is -2.47. The van der Waals surface area contributed by atoms with Gasteiger partial charge in [0.05, 0.1) is 5.60 Å². The first kappa shape index (κ1) is 13.4. The Morgan fingerprint density at radius 2 is 2.19 bits per heavy atom. The third kappa shape index (κ3) is 4.47. The van der Waals surface area contributed by atoms with Crippen LogP contribution in [0.25, 0.3) is 0 Å². The molecule has 1 fully saturated rings. The van der Waals surface area contributed by atoms with Gasteiger partial charge in [-0.25, -0.2) is 0 Å². The van der Waals surface area contributed by atoms with E-state index in [1.807, 2.05) is 6.92 Å². The molecule has 1 saturated heterocycles. The summed E-state index contributed by atoms with van der Waals surface area (Å²) in [5, 5.41) is 12.8. The molecule has 0 bridgehead atoms. The van der Waals surface area contributed by atoms with Crippen molar-refractivity contribution in [2.24, 2.45) is 5.73 Å². The van der Waals surface area contributed by atoms with Crippen LogP contribution in [0.1, 0.15) is 32.6 Å². The molecular weight excluding hydrogens is 208 g/mol. The molecule has 0 aliphatic carbocycles. The summed E-state index contributed by atoms with van der Waals surface area (Å²) in [5.74, 6) is -0.0886. The van der Waals surface area contributed by atoms with Gasteiger partial charge in [0, 0.05) is 45.1 Å². The summed E-state index contributed by atoms with van der Waals surface area (Å²) in [6, 6.07) is -0.0932. The van der Waals surface area contributed by atoms with Crippen molar-refractivity contribution < 1.29 is 14.6 Å². The first-order chi connectivity index (χ1) is 7.56. The number of carbonyl (C=O) groups excluding carboxylic acids is 1. The summed E-state index contributed by atoms with van der Waals surface area (Å²) < 4.78 is 5.16. The summed E-state index contributed by atoms with van der Waals surface area (Å²) in [7, 11) is 0. The van der Waals surface area contributed by atoms with Crippen LogP contribution >= 0.6 is 0 Å². The molecule has 1 heterocycles. The average Bonchev–Trinajstić information content (AvgIpc) is 2.27. The molecule has 1 amide bonds. The molecule has 5 nitrogen and oxygen atoms in total. The Hall–Kier alpha value is -0.650. The predicted octanol–water partition coefficient (Wildman–Crippen LogP) is -0.228. The van der Waals surface area contributed by atoms with E-state index in [9.17, 15) is 9.90 Å². The summed E-state index contributed by atoms with van der Waals surface area (Å²) in [6.07, 6.45) is 2.26. The molecule has 1 aliphatic heterocycles. The van der Waals surface area contributed by atoms with E-state index < -0.39 is 5.60 Å². The van der Waals surface area contributed by atoms with Crippen molar-refractivity contribution >= 4 is 5.91 Å².